The SMILES string of the molecule is Cc1ccc(NC(=O)COc2ccc(C(=S)N3CCOCC3)cc2Cl)cc1. The number of carbonyl (C=O) groups excluding carboxylic acids is 1. The number of amides is 1. The summed E-state index contributed by atoms with van der Waals surface area (Å²) in [6, 6.07) is 12.9. The molecule has 1 aliphatic rings. The van der Waals surface area contributed by atoms with Crippen molar-refractivity contribution >= 4 is 40.4 Å². The van der Waals surface area contributed by atoms with Gasteiger partial charge < -0.3 is 19.7 Å². The number of morpholine rings is 1. The van der Waals surface area contributed by atoms with Crippen LogP contribution in [0.25, 0.3) is 0 Å². The van der Waals surface area contributed by atoms with Crippen LogP contribution in [0.3, 0.4) is 0 Å². The number of nitrogens with zero attached hydrogens (tertiary/aromatic N) is 1. The highest BCUT2D eigenvalue weighted by Gasteiger charge is 2.16. The fourth-order valence-electron chi connectivity index (χ4n) is 2.68. The molecule has 0 spiro atoms. The Bertz CT molecular complexity index is 820. The predicted octanol–water partition coefficient (Wildman–Crippen LogP) is 3.67. The predicted molar refractivity (Wildman–Crippen MR) is 111 cm³/mol. The highest BCUT2D eigenvalue weighted by atomic mass is 35.5. The molecule has 7 heteroatoms. The van der Waals surface area contributed by atoms with Gasteiger partial charge in [0.25, 0.3) is 5.91 Å². The van der Waals surface area contributed by atoms with Gasteiger partial charge in [0, 0.05) is 24.3 Å². The second kappa shape index (κ2) is 9.17. The number of halogens is 1. The van der Waals surface area contributed by atoms with Gasteiger partial charge in [-0.3, -0.25) is 4.79 Å². The number of hydrogen-bond donors (Lipinski definition) is 1. The van der Waals surface area contributed by atoms with E-state index in [-0.39, 0.29) is 12.5 Å². The summed E-state index contributed by atoms with van der Waals surface area (Å²) >= 11 is 11.9. The Hall–Kier alpha value is -2.15. The van der Waals surface area contributed by atoms with Crippen molar-refractivity contribution in [1.29, 1.82) is 0 Å². The van der Waals surface area contributed by atoms with Crippen molar-refractivity contribution in [2.24, 2.45) is 0 Å². The Kier molecular flexibility index (Phi) is 6.66. The highest BCUT2D eigenvalue weighted by Crippen LogP contribution is 2.26. The first-order valence-corrected chi connectivity index (χ1v) is 9.47. The summed E-state index contributed by atoms with van der Waals surface area (Å²) < 4.78 is 10.9. The molecule has 1 fully saturated rings. The molecule has 142 valence electrons. The molecule has 1 aliphatic heterocycles. The summed E-state index contributed by atoms with van der Waals surface area (Å²) in [5, 5.41) is 3.21. The van der Waals surface area contributed by atoms with Crippen LogP contribution in [0, 0.1) is 6.92 Å². The van der Waals surface area contributed by atoms with Gasteiger partial charge in [-0.2, -0.15) is 0 Å². The summed E-state index contributed by atoms with van der Waals surface area (Å²) in [5.74, 6) is 0.201. The molecular weight excluding hydrogens is 384 g/mol. The van der Waals surface area contributed by atoms with Crippen LogP contribution in [0.1, 0.15) is 11.1 Å². The molecule has 2 aromatic rings. The number of nitrogens with one attached hydrogen (secondary N) is 1. The number of benzene rings is 2. The topological polar surface area (TPSA) is 50.8 Å². The molecule has 1 amide bonds. The van der Waals surface area contributed by atoms with Crippen molar-refractivity contribution in [1.82, 2.24) is 4.90 Å². The Morgan fingerprint density at radius 3 is 2.59 bits per heavy atom. The molecule has 2 aromatic carbocycles. The molecule has 0 aliphatic carbocycles. The van der Waals surface area contributed by atoms with Crippen molar-refractivity contribution in [3.63, 3.8) is 0 Å². The zero-order chi connectivity index (χ0) is 19.2. The van der Waals surface area contributed by atoms with Crippen LogP contribution in [0.4, 0.5) is 5.69 Å². The van der Waals surface area contributed by atoms with E-state index in [0.717, 1.165) is 34.9 Å². The third kappa shape index (κ3) is 5.42. The number of carbonyl (C=O) groups is 1. The van der Waals surface area contributed by atoms with Crippen LogP contribution in [-0.2, 0) is 9.53 Å². The van der Waals surface area contributed by atoms with E-state index in [1.165, 1.54) is 0 Å². The molecule has 0 saturated carbocycles. The lowest BCUT2D eigenvalue weighted by Gasteiger charge is -2.29. The quantitative estimate of drug-likeness (QED) is 0.770. The second-order valence-electron chi connectivity index (χ2n) is 6.25. The summed E-state index contributed by atoms with van der Waals surface area (Å²) in [4.78, 5) is 14.9. The van der Waals surface area contributed by atoms with Crippen molar-refractivity contribution in [3.05, 3.63) is 58.6 Å². The van der Waals surface area contributed by atoms with E-state index in [9.17, 15) is 4.79 Å². The van der Waals surface area contributed by atoms with Crippen LogP contribution in [0.2, 0.25) is 5.02 Å². The molecule has 0 bridgehead atoms. The zero-order valence-corrected chi connectivity index (χ0v) is 16.6. The standard InChI is InChI=1S/C20H21ClN2O3S/c1-14-2-5-16(6-3-14)22-19(24)13-26-18-7-4-15(12-17(18)21)20(27)23-8-10-25-11-9-23/h2-7,12H,8-11,13H2,1H3,(H,22,24). The molecule has 5 nitrogen and oxygen atoms in total. The van der Waals surface area contributed by atoms with Crippen molar-refractivity contribution in [2.45, 2.75) is 6.92 Å². The van der Waals surface area contributed by atoms with E-state index < -0.39 is 0 Å². The van der Waals surface area contributed by atoms with Gasteiger partial charge in [0.05, 0.1) is 18.2 Å². The van der Waals surface area contributed by atoms with Gasteiger partial charge in [0.15, 0.2) is 6.61 Å². The molecule has 1 heterocycles. The van der Waals surface area contributed by atoms with E-state index in [2.05, 4.69) is 10.2 Å². The van der Waals surface area contributed by atoms with Crippen LogP contribution in [0.15, 0.2) is 42.5 Å². The van der Waals surface area contributed by atoms with Crippen molar-refractivity contribution in [2.75, 3.05) is 38.2 Å². The van der Waals surface area contributed by atoms with E-state index in [1.807, 2.05) is 37.3 Å². The van der Waals surface area contributed by atoms with Gasteiger partial charge in [0.1, 0.15) is 10.7 Å². The van der Waals surface area contributed by atoms with E-state index in [4.69, 9.17) is 33.3 Å². The summed E-state index contributed by atoms with van der Waals surface area (Å²) in [6.07, 6.45) is 0. The number of rotatable bonds is 5. The fourth-order valence-corrected chi connectivity index (χ4v) is 3.22. The van der Waals surface area contributed by atoms with Crippen LogP contribution in [0.5, 0.6) is 5.75 Å². The lowest BCUT2D eigenvalue weighted by atomic mass is 10.2. The first-order chi connectivity index (χ1) is 13.0. The molecular formula is C20H21ClN2O3S. The third-order valence-electron chi connectivity index (χ3n) is 4.17. The van der Waals surface area contributed by atoms with Crippen molar-refractivity contribution < 1.29 is 14.3 Å². The van der Waals surface area contributed by atoms with Gasteiger partial charge in [-0.1, -0.05) is 41.5 Å². The maximum atomic E-state index is 12.0. The van der Waals surface area contributed by atoms with Crippen LogP contribution in [-0.4, -0.2) is 48.7 Å². The normalized spacial score (nSPS) is 13.9. The zero-order valence-electron chi connectivity index (χ0n) is 15.0. The maximum Gasteiger partial charge on any atom is 0.262 e. The van der Waals surface area contributed by atoms with Gasteiger partial charge in [0.2, 0.25) is 0 Å². The Morgan fingerprint density at radius 2 is 1.93 bits per heavy atom. The molecule has 1 N–H and O–H groups in total. The molecule has 0 aromatic heterocycles. The lowest BCUT2D eigenvalue weighted by Crippen LogP contribution is -2.40. The Morgan fingerprint density at radius 1 is 1.22 bits per heavy atom. The van der Waals surface area contributed by atoms with Crippen molar-refractivity contribution in [3.8, 4) is 5.75 Å². The van der Waals surface area contributed by atoms with Gasteiger partial charge in [-0.25, -0.2) is 0 Å². The molecule has 1 saturated heterocycles. The molecule has 0 unspecified atom stereocenters. The first kappa shape index (κ1) is 19.6. The fraction of sp³-hybridized carbons (Fsp3) is 0.300. The van der Waals surface area contributed by atoms with E-state index in [0.29, 0.717) is 24.0 Å². The number of thiocarbonyl (C=S) groups is 1. The summed E-state index contributed by atoms with van der Waals surface area (Å²) in [5.41, 5.74) is 2.71. The monoisotopic (exact) mass is 404 g/mol. The van der Waals surface area contributed by atoms with E-state index >= 15 is 0 Å². The Balaban J connectivity index is 1.56. The largest absolute Gasteiger partial charge is 0.482 e. The molecule has 0 radical (unpaired) electrons. The van der Waals surface area contributed by atoms with Crippen LogP contribution < -0.4 is 10.1 Å². The van der Waals surface area contributed by atoms with Gasteiger partial charge >= 0.3 is 0 Å². The molecule has 3 rings (SSSR count). The smallest absolute Gasteiger partial charge is 0.262 e. The minimum Gasteiger partial charge on any atom is -0.482 e. The average molecular weight is 405 g/mol. The lowest BCUT2D eigenvalue weighted by molar-refractivity contribution is -0.118. The third-order valence-corrected chi connectivity index (χ3v) is 4.96. The van der Waals surface area contributed by atoms with Gasteiger partial charge in [-0.15, -0.1) is 0 Å². The van der Waals surface area contributed by atoms with E-state index in [1.54, 1.807) is 12.1 Å². The highest BCUT2D eigenvalue weighted by molar-refractivity contribution is 7.80. The number of hydrogen-bond acceptors (Lipinski definition) is 4. The first-order valence-electron chi connectivity index (χ1n) is 8.69. The average Bonchev–Trinajstić information content (AvgIpc) is 2.69. The molecule has 0 atom stereocenters. The minimum absolute atomic E-state index is 0.124. The number of ether oxygens (including phenoxy) is 2. The number of aryl methyl sites for hydroxylation is 1. The number of anilines is 1. The van der Waals surface area contributed by atoms with Crippen LogP contribution >= 0.6 is 23.8 Å². The Labute approximate surface area is 169 Å². The van der Waals surface area contributed by atoms with Gasteiger partial charge in [-0.05, 0) is 37.3 Å². The molecule has 27 heavy (non-hydrogen) atoms. The maximum absolute atomic E-state index is 12.0. The summed E-state index contributed by atoms with van der Waals surface area (Å²) in [7, 11) is 0. The summed E-state index contributed by atoms with van der Waals surface area (Å²) in [6.45, 7) is 4.75. The second-order valence-corrected chi connectivity index (χ2v) is 7.05. The minimum atomic E-state index is -0.247.